The van der Waals surface area contributed by atoms with Crippen LogP contribution < -0.4 is 51.4 Å². The van der Waals surface area contributed by atoms with Gasteiger partial charge in [0.2, 0.25) is 0 Å². The molecule has 0 bridgehead atoms. The van der Waals surface area contributed by atoms with Crippen LogP contribution in [-0.2, 0) is 4.79 Å². The number of hydrogen-bond donors (Lipinski definition) is 0. The Hall–Kier alpha value is 1.31. The van der Waals surface area contributed by atoms with Crippen molar-refractivity contribution in [2.45, 2.75) is 27.7 Å². The van der Waals surface area contributed by atoms with Crippen molar-refractivity contribution in [3.8, 4) is 0 Å². The standard InChI is InChI=1S/C6H12O.K.H/c1-5(7)6(2,3)4;;/h1-4H3;;/q;+1;-1. The SMILES string of the molecule is CC(=O)C(C)(C)C.[H-].[K+]. The second kappa shape index (κ2) is 4.17. The predicted octanol–water partition coefficient (Wildman–Crippen LogP) is -1.26. The molecule has 0 aliphatic heterocycles. The monoisotopic (exact) mass is 140 g/mol. The summed E-state index contributed by atoms with van der Waals surface area (Å²) >= 11 is 0. The first-order valence-corrected chi connectivity index (χ1v) is 2.45. The molecule has 0 spiro atoms. The van der Waals surface area contributed by atoms with Crippen LogP contribution in [0.25, 0.3) is 0 Å². The van der Waals surface area contributed by atoms with Gasteiger partial charge in [0.25, 0.3) is 0 Å². The summed E-state index contributed by atoms with van der Waals surface area (Å²) in [5.74, 6) is 0.243. The molecule has 0 saturated carbocycles. The molecule has 0 heterocycles. The molecule has 1 nitrogen and oxygen atoms in total. The molecule has 0 aromatic rings. The molecule has 0 fully saturated rings. The normalized spacial score (nSPS) is 10.0. The fraction of sp³-hybridized carbons (Fsp3) is 0.833. The maximum absolute atomic E-state index is 10.5. The van der Waals surface area contributed by atoms with Crippen molar-refractivity contribution in [1.82, 2.24) is 0 Å². The molecular formula is C6H13KO. The Morgan fingerprint density at radius 3 is 1.50 bits per heavy atom. The van der Waals surface area contributed by atoms with Crippen molar-refractivity contribution in [2.24, 2.45) is 5.41 Å². The molecule has 8 heavy (non-hydrogen) atoms. The van der Waals surface area contributed by atoms with E-state index >= 15 is 0 Å². The Kier molecular flexibility index (Phi) is 6.28. The third-order valence-electron chi connectivity index (χ3n) is 1.06. The summed E-state index contributed by atoms with van der Waals surface area (Å²) < 4.78 is 0. The van der Waals surface area contributed by atoms with Gasteiger partial charge in [0.05, 0.1) is 0 Å². The average molecular weight is 140 g/mol. The maximum atomic E-state index is 10.5. The largest absolute Gasteiger partial charge is 1.00 e. The summed E-state index contributed by atoms with van der Waals surface area (Å²) in [6.07, 6.45) is 0. The van der Waals surface area contributed by atoms with Crippen LogP contribution >= 0.6 is 0 Å². The predicted molar refractivity (Wildman–Crippen MR) is 31.2 cm³/mol. The molecule has 0 rings (SSSR count). The van der Waals surface area contributed by atoms with Gasteiger partial charge in [-0.25, -0.2) is 0 Å². The summed E-state index contributed by atoms with van der Waals surface area (Å²) in [5.41, 5.74) is -0.139. The van der Waals surface area contributed by atoms with Gasteiger partial charge in [-0.1, -0.05) is 20.8 Å². The molecule has 2 heteroatoms. The van der Waals surface area contributed by atoms with E-state index in [1.807, 2.05) is 20.8 Å². The Morgan fingerprint density at radius 1 is 1.38 bits per heavy atom. The number of carbonyl (C=O) groups is 1. The molecule has 0 saturated heterocycles. The van der Waals surface area contributed by atoms with Crippen LogP contribution in [0.1, 0.15) is 29.1 Å². The zero-order chi connectivity index (χ0) is 6.08. The Balaban J connectivity index is -0.000000180. The van der Waals surface area contributed by atoms with Gasteiger partial charge in [0.1, 0.15) is 5.78 Å². The first kappa shape index (κ1) is 12.0. The third-order valence-corrected chi connectivity index (χ3v) is 1.06. The maximum Gasteiger partial charge on any atom is 1.00 e. The zero-order valence-electron chi connectivity index (χ0n) is 7.41. The van der Waals surface area contributed by atoms with Crippen LogP contribution in [0, 0.1) is 5.41 Å². The molecule has 0 atom stereocenters. The first-order valence-electron chi connectivity index (χ1n) is 2.45. The minimum Gasteiger partial charge on any atom is -1.00 e. The number of Topliss-reactive ketones (excluding diaryl/α,β-unsaturated/α-hetero) is 1. The molecule has 0 radical (unpaired) electrons. The van der Waals surface area contributed by atoms with E-state index < -0.39 is 0 Å². The molecule has 0 unspecified atom stereocenters. The van der Waals surface area contributed by atoms with E-state index in [1.165, 1.54) is 0 Å². The van der Waals surface area contributed by atoms with E-state index in [4.69, 9.17) is 0 Å². The van der Waals surface area contributed by atoms with Gasteiger partial charge >= 0.3 is 51.4 Å². The van der Waals surface area contributed by atoms with Crippen molar-refractivity contribution >= 4 is 5.78 Å². The summed E-state index contributed by atoms with van der Waals surface area (Å²) in [5, 5.41) is 0. The van der Waals surface area contributed by atoms with Crippen molar-refractivity contribution < 1.29 is 57.6 Å². The van der Waals surface area contributed by atoms with Crippen molar-refractivity contribution in [3.63, 3.8) is 0 Å². The van der Waals surface area contributed by atoms with E-state index in [2.05, 4.69) is 0 Å². The smallest absolute Gasteiger partial charge is 1.00 e. The molecule has 0 aliphatic rings. The fourth-order valence-corrected chi connectivity index (χ4v) is 0. The van der Waals surface area contributed by atoms with Crippen LogP contribution in [0.2, 0.25) is 0 Å². The number of carbonyl (C=O) groups excluding carboxylic acids is 1. The fourth-order valence-electron chi connectivity index (χ4n) is 0. The molecule has 0 aromatic heterocycles. The van der Waals surface area contributed by atoms with E-state index in [-0.39, 0.29) is 64.0 Å². The Morgan fingerprint density at radius 2 is 1.50 bits per heavy atom. The molecule has 0 N–H and O–H groups in total. The summed E-state index contributed by atoms with van der Waals surface area (Å²) in [7, 11) is 0. The minimum absolute atomic E-state index is 0. The van der Waals surface area contributed by atoms with E-state index in [1.54, 1.807) is 6.92 Å². The van der Waals surface area contributed by atoms with E-state index in [0.717, 1.165) is 0 Å². The zero-order valence-corrected chi connectivity index (χ0v) is 9.53. The average Bonchev–Trinajstić information content (AvgIpc) is 1.31. The van der Waals surface area contributed by atoms with Gasteiger partial charge in [-0.3, -0.25) is 4.79 Å². The second-order valence-electron chi connectivity index (χ2n) is 2.81. The van der Waals surface area contributed by atoms with E-state index in [0.29, 0.717) is 0 Å². The van der Waals surface area contributed by atoms with Gasteiger partial charge in [-0.2, -0.15) is 0 Å². The van der Waals surface area contributed by atoms with Gasteiger partial charge in [-0.15, -0.1) is 0 Å². The van der Waals surface area contributed by atoms with Crippen molar-refractivity contribution in [3.05, 3.63) is 0 Å². The minimum atomic E-state index is -0.139. The summed E-state index contributed by atoms with van der Waals surface area (Å²) in [6.45, 7) is 7.35. The van der Waals surface area contributed by atoms with Crippen molar-refractivity contribution in [1.29, 1.82) is 0 Å². The van der Waals surface area contributed by atoms with Crippen LogP contribution in [0.15, 0.2) is 0 Å². The number of hydrogen-bond acceptors (Lipinski definition) is 1. The molecule has 0 amide bonds. The topological polar surface area (TPSA) is 17.1 Å². The summed E-state index contributed by atoms with van der Waals surface area (Å²) in [4.78, 5) is 10.5. The van der Waals surface area contributed by atoms with E-state index in [9.17, 15) is 4.79 Å². The molecule has 0 aromatic carbocycles. The van der Waals surface area contributed by atoms with Gasteiger partial charge in [0.15, 0.2) is 0 Å². The van der Waals surface area contributed by atoms with Crippen LogP contribution in [-0.4, -0.2) is 5.78 Å². The number of rotatable bonds is 0. The summed E-state index contributed by atoms with van der Waals surface area (Å²) in [6, 6.07) is 0. The van der Waals surface area contributed by atoms with Gasteiger partial charge in [-0.05, 0) is 6.92 Å². The quantitative estimate of drug-likeness (QED) is 0.384. The van der Waals surface area contributed by atoms with Gasteiger partial charge < -0.3 is 1.43 Å². The first-order chi connectivity index (χ1) is 2.94. The van der Waals surface area contributed by atoms with Crippen molar-refractivity contribution in [2.75, 3.05) is 0 Å². The Labute approximate surface area is 95.1 Å². The van der Waals surface area contributed by atoms with Crippen LogP contribution in [0.3, 0.4) is 0 Å². The molecule has 0 aliphatic carbocycles. The van der Waals surface area contributed by atoms with Gasteiger partial charge in [0, 0.05) is 5.41 Å². The molecular weight excluding hydrogens is 127 g/mol. The molecule has 44 valence electrons. The number of ketones is 1. The van der Waals surface area contributed by atoms with Crippen LogP contribution in [0.4, 0.5) is 0 Å². The third kappa shape index (κ3) is 5.44. The van der Waals surface area contributed by atoms with Crippen LogP contribution in [0.5, 0.6) is 0 Å². The second-order valence-corrected chi connectivity index (χ2v) is 2.81. The Bertz CT molecular complexity index is 85.5.